The van der Waals surface area contributed by atoms with E-state index in [1.54, 1.807) is 0 Å². The molecular formula is C13H12F4N2O. The van der Waals surface area contributed by atoms with Crippen molar-refractivity contribution in [1.29, 1.82) is 0 Å². The molecule has 1 aromatic carbocycles. The number of hydrogen-bond acceptors (Lipinski definition) is 2. The largest absolute Gasteiger partial charge is 0.450 e. The Balaban J connectivity index is 2.47. The van der Waals surface area contributed by atoms with Crippen LogP contribution in [0.1, 0.15) is 19.2 Å². The standard InChI is InChI=1S/C13H12F4N2O/c1-2-5-19-10-6-8(14)3-4-9(10)18-12(19)7-11(20)13(15,16)17/h3-4,6H,2,5,7H2,1H3. The van der Waals surface area contributed by atoms with Crippen molar-refractivity contribution in [3.05, 3.63) is 29.8 Å². The molecule has 0 aliphatic rings. The van der Waals surface area contributed by atoms with Crippen molar-refractivity contribution < 1.29 is 22.4 Å². The first-order valence-corrected chi connectivity index (χ1v) is 6.07. The van der Waals surface area contributed by atoms with Crippen LogP contribution in [-0.4, -0.2) is 21.5 Å². The predicted molar refractivity (Wildman–Crippen MR) is 64.7 cm³/mol. The van der Waals surface area contributed by atoms with E-state index >= 15 is 0 Å². The van der Waals surface area contributed by atoms with Crippen LogP contribution in [-0.2, 0) is 17.8 Å². The van der Waals surface area contributed by atoms with Crippen LogP contribution in [0.15, 0.2) is 18.2 Å². The van der Waals surface area contributed by atoms with Gasteiger partial charge >= 0.3 is 6.18 Å². The lowest BCUT2D eigenvalue weighted by Crippen LogP contribution is -2.26. The molecule has 0 amide bonds. The number of carbonyl (C=O) groups is 1. The molecule has 2 rings (SSSR count). The van der Waals surface area contributed by atoms with Crippen molar-refractivity contribution in [2.75, 3.05) is 0 Å². The third kappa shape index (κ3) is 2.81. The molecule has 1 heterocycles. The molecule has 0 unspecified atom stereocenters. The number of fused-ring (bicyclic) bond motifs is 1. The molecule has 3 nitrogen and oxygen atoms in total. The molecule has 0 aliphatic carbocycles. The number of rotatable bonds is 4. The quantitative estimate of drug-likeness (QED) is 0.809. The maximum absolute atomic E-state index is 13.2. The lowest BCUT2D eigenvalue weighted by molar-refractivity contribution is -0.170. The van der Waals surface area contributed by atoms with Gasteiger partial charge in [0, 0.05) is 6.54 Å². The Labute approximate surface area is 112 Å². The average molecular weight is 288 g/mol. The van der Waals surface area contributed by atoms with E-state index < -0.39 is 24.2 Å². The normalized spacial score (nSPS) is 12.1. The topological polar surface area (TPSA) is 34.9 Å². The summed E-state index contributed by atoms with van der Waals surface area (Å²) in [5.74, 6) is -2.34. The van der Waals surface area contributed by atoms with Crippen LogP contribution in [0.4, 0.5) is 17.6 Å². The zero-order valence-electron chi connectivity index (χ0n) is 10.7. The second kappa shape index (κ2) is 5.22. The van der Waals surface area contributed by atoms with Gasteiger partial charge in [-0.05, 0) is 24.6 Å². The predicted octanol–water partition coefficient (Wildman–Crippen LogP) is 3.26. The van der Waals surface area contributed by atoms with Gasteiger partial charge in [0.1, 0.15) is 11.6 Å². The van der Waals surface area contributed by atoms with Crippen LogP contribution in [0.25, 0.3) is 11.0 Å². The minimum Gasteiger partial charge on any atom is -0.328 e. The number of Topliss-reactive ketones (excluding diaryl/α,β-unsaturated/α-hetero) is 1. The maximum atomic E-state index is 13.2. The Morgan fingerprint density at radius 2 is 2.05 bits per heavy atom. The molecule has 0 spiro atoms. The summed E-state index contributed by atoms with van der Waals surface area (Å²) in [6, 6.07) is 3.78. The van der Waals surface area contributed by atoms with Crippen LogP contribution < -0.4 is 0 Å². The van der Waals surface area contributed by atoms with Gasteiger partial charge in [-0.2, -0.15) is 13.2 Å². The first kappa shape index (κ1) is 14.5. The fourth-order valence-corrected chi connectivity index (χ4v) is 2.00. The van der Waals surface area contributed by atoms with Crippen LogP contribution in [0, 0.1) is 5.82 Å². The highest BCUT2D eigenvalue weighted by atomic mass is 19.4. The highest BCUT2D eigenvalue weighted by Crippen LogP contribution is 2.22. The molecule has 0 atom stereocenters. The van der Waals surface area contributed by atoms with E-state index in [1.807, 2.05) is 6.92 Å². The fourth-order valence-electron chi connectivity index (χ4n) is 2.00. The average Bonchev–Trinajstić information content (AvgIpc) is 2.67. The molecule has 7 heteroatoms. The van der Waals surface area contributed by atoms with Gasteiger partial charge in [0.15, 0.2) is 0 Å². The summed E-state index contributed by atoms with van der Waals surface area (Å²) in [5.41, 5.74) is 0.779. The van der Waals surface area contributed by atoms with Crippen molar-refractivity contribution in [2.45, 2.75) is 32.5 Å². The summed E-state index contributed by atoms with van der Waals surface area (Å²) in [6.45, 7) is 2.21. The summed E-state index contributed by atoms with van der Waals surface area (Å²) in [7, 11) is 0. The second-order valence-electron chi connectivity index (χ2n) is 4.41. The van der Waals surface area contributed by atoms with Crippen molar-refractivity contribution in [2.24, 2.45) is 0 Å². The van der Waals surface area contributed by atoms with Gasteiger partial charge < -0.3 is 4.57 Å². The number of ketones is 1. The number of nitrogens with zero attached hydrogens (tertiary/aromatic N) is 2. The van der Waals surface area contributed by atoms with Gasteiger partial charge in [0.2, 0.25) is 5.78 Å². The van der Waals surface area contributed by atoms with E-state index in [-0.39, 0.29) is 5.82 Å². The number of aryl methyl sites for hydroxylation is 1. The SMILES string of the molecule is CCCn1c(CC(=O)C(F)(F)F)nc2ccc(F)cc21. The van der Waals surface area contributed by atoms with E-state index in [1.165, 1.54) is 22.8 Å². The molecule has 0 N–H and O–H groups in total. The van der Waals surface area contributed by atoms with Gasteiger partial charge in [-0.25, -0.2) is 9.37 Å². The van der Waals surface area contributed by atoms with Gasteiger partial charge in [0.25, 0.3) is 0 Å². The second-order valence-corrected chi connectivity index (χ2v) is 4.41. The highest BCUT2D eigenvalue weighted by Gasteiger charge is 2.38. The Bertz CT molecular complexity index is 646. The van der Waals surface area contributed by atoms with Gasteiger partial charge in [-0.1, -0.05) is 6.92 Å². The minimum atomic E-state index is -4.89. The van der Waals surface area contributed by atoms with Gasteiger partial charge in [-0.15, -0.1) is 0 Å². The smallest absolute Gasteiger partial charge is 0.328 e. The summed E-state index contributed by atoms with van der Waals surface area (Å²) in [6.07, 6.45) is -5.09. The van der Waals surface area contributed by atoms with Crippen LogP contribution in [0.3, 0.4) is 0 Å². The molecule has 0 aliphatic heterocycles. The van der Waals surface area contributed by atoms with Crippen molar-refractivity contribution >= 4 is 16.8 Å². The third-order valence-electron chi connectivity index (χ3n) is 2.87. The molecule has 0 radical (unpaired) electrons. The van der Waals surface area contributed by atoms with Gasteiger partial charge in [-0.3, -0.25) is 4.79 Å². The van der Waals surface area contributed by atoms with Crippen LogP contribution in [0.5, 0.6) is 0 Å². The van der Waals surface area contributed by atoms with E-state index in [4.69, 9.17) is 0 Å². The third-order valence-corrected chi connectivity index (χ3v) is 2.87. The molecule has 0 bridgehead atoms. The number of halogens is 4. The Morgan fingerprint density at radius 1 is 1.35 bits per heavy atom. The molecule has 20 heavy (non-hydrogen) atoms. The fraction of sp³-hybridized carbons (Fsp3) is 0.385. The van der Waals surface area contributed by atoms with Crippen molar-refractivity contribution in [1.82, 2.24) is 9.55 Å². The van der Waals surface area contributed by atoms with E-state index in [2.05, 4.69) is 4.98 Å². The Kier molecular flexibility index (Phi) is 3.78. The first-order valence-electron chi connectivity index (χ1n) is 6.07. The maximum Gasteiger partial charge on any atom is 0.450 e. The number of alkyl halides is 3. The van der Waals surface area contributed by atoms with Gasteiger partial charge in [0.05, 0.1) is 17.5 Å². The summed E-state index contributed by atoms with van der Waals surface area (Å²) in [4.78, 5) is 15.1. The Morgan fingerprint density at radius 3 is 2.65 bits per heavy atom. The van der Waals surface area contributed by atoms with Crippen LogP contribution in [0.2, 0.25) is 0 Å². The number of imidazole rings is 1. The van der Waals surface area contributed by atoms with Crippen molar-refractivity contribution in [3.8, 4) is 0 Å². The summed E-state index contributed by atoms with van der Waals surface area (Å²) in [5, 5.41) is 0. The molecular weight excluding hydrogens is 276 g/mol. The zero-order chi connectivity index (χ0) is 14.9. The van der Waals surface area contributed by atoms with E-state index in [0.717, 1.165) is 0 Å². The number of hydrogen-bond donors (Lipinski definition) is 0. The first-order chi connectivity index (χ1) is 9.32. The lowest BCUT2D eigenvalue weighted by atomic mass is 10.2. The zero-order valence-corrected chi connectivity index (χ0v) is 10.7. The summed E-state index contributed by atoms with van der Waals surface area (Å²) >= 11 is 0. The van der Waals surface area contributed by atoms with Crippen molar-refractivity contribution in [3.63, 3.8) is 0 Å². The molecule has 1 aromatic heterocycles. The minimum absolute atomic E-state index is 0.00905. The number of benzene rings is 1. The molecule has 0 fully saturated rings. The van der Waals surface area contributed by atoms with Crippen LogP contribution >= 0.6 is 0 Å². The molecule has 0 saturated carbocycles. The van der Waals surface area contributed by atoms with E-state index in [9.17, 15) is 22.4 Å². The highest BCUT2D eigenvalue weighted by molar-refractivity contribution is 5.86. The monoisotopic (exact) mass is 288 g/mol. The number of aromatic nitrogens is 2. The molecule has 0 saturated heterocycles. The molecule has 2 aromatic rings. The molecule has 108 valence electrons. The summed E-state index contributed by atoms with van der Waals surface area (Å²) < 4.78 is 51.7. The van der Waals surface area contributed by atoms with E-state index in [0.29, 0.717) is 24.0 Å². The Hall–Kier alpha value is -1.92. The number of carbonyl (C=O) groups excluding carboxylic acids is 1. The lowest BCUT2D eigenvalue weighted by Gasteiger charge is -2.08.